The predicted octanol–water partition coefficient (Wildman–Crippen LogP) is 2.49. The molecule has 0 N–H and O–H groups in total. The highest BCUT2D eigenvalue weighted by Crippen LogP contribution is 2.36. The summed E-state index contributed by atoms with van der Waals surface area (Å²) in [5.74, 6) is 1.44. The van der Waals surface area contributed by atoms with Crippen LogP contribution in [0.1, 0.15) is 40.0 Å². The fourth-order valence-corrected chi connectivity index (χ4v) is 4.37. The van der Waals surface area contributed by atoms with E-state index in [1.165, 1.54) is 12.7 Å². The normalized spacial score (nSPS) is 34.8. The summed E-state index contributed by atoms with van der Waals surface area (Å²) >= 11 is 0. The largest absolute Gasteiger partial charge is 0.229 e. The van der Waals surface area contributed by atoms with Crippen molar-refractivity contribution in [3.8, 4) is 0 Å². The lowest BCUT2D eigenvalue weighted by molar-refractivity contribution is 0.237. The van der Waals surface area contributed by atoms with E-state index < -0.39 is 9.84 Å². The molecule has 3 unspecified atom stereocenters. The number of rotatable bonds is 2. The van der Waals surface area contributed by atoms with Gasteiger partial charge < -0.3 is 0 Å². The Morgan fingerprint density at radius 1 is 1.21 bits per heavy atom. The second kappa shape index (κ2) is 4.21. The highest BCUT2D eigenvalue weighted by Gasteiger charge is 2.36. The maximum atomic E-state index is 11.6. The summed E-state index contributed by atoms with van der Waals surface area (Å²) in [6, 6.07) is 0. The van der Waals surface area contributed by atoms with Gasteiger partial charge in [0.25, 0.3) is 0 Å². The van der Waals surface area contributed by atoms with Crippen molar-refractivity contribution < 1.29 is 8.42 Å². The molecular weight excluding hydrogens is 196 g/mol. The summed E-state index contributed by atoms with van der Waals surface area (Å²) in [4.78, 5) is 0. The van der Waals surface area contributed by atoms with E-state index in [0.29, 0.717) is 17.8 Å². The molecule has 0 radical (unpaired) electrons. The molecule has 14 heavy (non-hydrogen) atoms. The Morgan fingerprint density at radius 3 is 2.21 bits per heavy atom. The van der Waals surface area contributed by atoms with Crippen molar-refractivity contribution in [2.45, 2.75) is 45.3 Å². The molecule has 0 saturated heterocycles. The maximum absolute atomic E-state index is 11.6. The van der Waals surface area contributed by atoms with Crippen LogP contribution in [0, 0.1) is 17.8 Å². The van der Waals surface area contributed by atoms with E-state index in [0.717, 1.165) is 12.8 Å². The third-order valence-corrected chi connectivity index (χ3v) is 5.15. The van der Waals surface area contributed by atoms with Gasteiger partial charge in [-0.3, -0.25) is 0 Å². The lowest BCUT2D eigenvalue weighted by Crippen LogP contribution is -2.37. The molecule has 1 saturated carbocycles. The van der Waals surface area contributed by atoms with Crippen LogP contribution in [0.4, 0.5) is 0 Å². The Bertz CT molecular complexity index is 280. The van der Waals surface area contributed by atoms with Crippen molar-refractivity contribution in [3.05, 3.63) is 0 Å². The Hall–Kier alpha value is -0.0500. The second-order valence-electron chi connectivity index (χ2n) is 5.19. The van der Waals surface area contributed by atoms with Gasteiger partial charge in [-0.25, -0.2) is 8.42 Å². The first-order valence-electron chi connectivity index (χ1n) is 5.51. The van der Waals surface area contributed by atoms with Crippen LogP contribution in [0.15, 0.2) is 0 Å². The fraction of sp³-hybridized carbons (Fsp3) is 1.00. The third-order valence-electron chi connectivity index (χ3n) is 3.51. The van der Waals surface area contributed by atoms with E-state index in [1.807, 2.05) is 0 Å². The first-order chi connectivity index (χ1) is 6.32. The summed E-state index contributed by atoms with van der Waals surface area (Å²) in [6.07, 6.45) is 4.53. The number of hydrogen-bond donors (Lipinski definition) is 0. The van der Waals surface area contributed by atoms with Crippen molar-refractivity contribution in [1.29, 1.82) is 0 Å². The van der Waals surface area contributed by atoms with Crippen LogP contribution in [0.2, 0.25) is 0 Å². The summed E-state index contributed by atoms with van der Waals surface area (Å²) in [6.45, 7) is 6.44. The molecule has 2 nitrogen and oxygen atoms in total. The molecule has 0 aromatic carbocycles. The van der Waals surface area contributed by atoms with Crippen LogP contribution in [0.5, 0.6) is 0 Å². The van der Waals surface area contributed by atoms with Crippen LogP contribution < -0.4 is 0 Å². The van der Waals surface area contributed by atoms with Crippen LogP contribution in [0.3, 0.4) is 0 Å². The highest BCUT2D eigenvalue weighted by molar-refractivity contribution is 7.91. The topological polar surface area (TPSA) is 34.1 Å². The van der Waals surface area contributed by atoms with Crippen molar-refractivity contribution >= 4 is 9.84 Å². The average molecular weight is 218 g/mol. The smallest absolute Gasteiger partial charge is 0.150 e. The maximum Gasteiger partial charge on any atom is 0.150 e. The van der Waals surface area contributed by atoms with Crippen molar-refractivity contribution in [2.75, 3.05) is 6.26 Å². The minimum Gasteiger partial charge on any atom is -0.229 e. The van der Waals surface area contributed by atoms with Gasteiger partial charge in [0, 0.05) is 6.26 Å². The van der Waals surface area contributed by atoms with Crippen molar-refractivity contribution in [1.82, 2.24) is 0 Å². The second-order valence-corrected chi connectivity index (χ2v) is 7.46. The van der Waals surface area contributed by atoms with Gasteiger partial charge in [0.1, 0.15) is 0 Å². The molecule has 0 heterocycles. The molecule has 3 heteroatoms. The Morgan fingerprint density at radius 2 is 1.79 bits per heavy atom. The molecule has 3 atom stereocenters. The summed E-state index contributed by atoms with van der Waals surface area (Å²) in [5.41, 5.74) is 0. The average Bonchev–Trinajstić information content (AvgIpc) is 2.01. The van der Waals surface area contributed by atoms with Gasteiger partial charge in [-0.1, -0.05) is 27.2 Å². The monoisotopic (exact) mass is 218 g/mol. The van der Waals surface area contributed by atoms with Gasteiger partial charge in [0.15, 0.2) is 9.84 Å². The summed E-state index contributed by atoms with van der Waals surface area (Å²) < 4.78 is 23.3. The molecule has 0 aromatic heterocycles. The first kappa shape index (κ1) is 12.0. The predicted molar refractivity (Wildman–Crippen MR) is 60.0 cm³/mol. The molecule has 0 amide bonds. The summed E-state index contributed by atoms with van der Waals surface area (Å²) in [5, 5.41) is -0.0914. The molecule has 0 spiro atoms. The van der Waals surface area contributed by atoms with Gasteiger partial charge in [-0.15, -0.1) is 0 Å². The Balaban J connectivity index is 2.85. The molecule has 1 aliphatic carbocycles. The summed E-state index contributed by atoms with van der Waals surface area (Å²) in [7, 11) is -2.85. The molecule has 84 valence electrons. The molecule has 0 aromatic rings. The molecule has 1 fully saturated rings. The third kappa shape index (κ3) is 2.72. The fourth-order valence-electron chi connectivity index (χ4n) is 2.61. The lowest BCUT2D eigenvalue weighted by Gasteiger charge is -2.36. The minimum atomic E-state index is -2.85. The highest BCUT2D eigenvalue weighted by atomic mass is 32.2. The van der Waals surface area contributed by atoms with Gasteiger partial charge >= 0.3 is 0 Å². The van der Waals surface area contributed by atoms with Crippen LogP contribution >= 0.6 is 0 Å². The van der Waals surface area contributed by atoms with Crippen molar-refractivity contribution in [2.24, 2.45) is 17.8 Å². The molecule has 0 bridgehead atoms. The Labute approximate surface area is 88.0 Å². The van der Waals surface area contributed by atoms with Crippen LogP contribution in [-0.4, -0.2) is 19.9 Å². The van der Waals surface area contributed by atoms with Gasteiger partial charge in [-0.05, 0) is 30.6 Å². The molecule has 1 rings (SSSR count). The zero-order chi connectivity index (χ0) is 10.9. The van der Waals surface area contributed by atoms with Gasteiger partial charge in [0.2, 0.25) is 0 Å². The Kier molecular flexibility index (Phi) is 3.62. The van der Waals surface area contributed by atoms with Gasteiger partial charge in [-0.2, -0.15) is 0 Å². The van der Waals surface area contributed by atoms with E-state index in [2.05, 4.69) is 20.8 Å². The molecule has 1 aliphatic rings. The van der Waals surface area contributed by atoms with E-state index in [4.69, 9.17) is 0 Å². The number of hydrogen-bond acceptors (Lipinski definition) is 2. The standard InChI is InChI=1S/C11H22O2S/c1-8(2)10-6-5-9(3)7-11(10)14(4,12)13/h8-11H,5-7H2,1-4H3. The van der Waals surface area contributed by atoms with Crippen LogP contribution in [-0.2, 0) is 9.84 Å². The van der Waals surface area contributed by atoms with E-state index >= 15 is 0 Å². The van der Waals surface area contributed by atoms with Crippen molar-refractivity contribution in [3.63, 3.8) is 0 Å². The van der Waals surface area contributed by atoms with E-state index in [9.17, 15) is 8.42 Å². The van der Waals surface area contributed by atoms with Gasteiger partial charge in [0.05, 0.1) is 5.25 Å². The lowest BCUT2D eigenvalue weighted by atomic mass is 9.77. The quantitative estimate of drug-likeness (QED) is 0.713. The SMILES string of the molecule is CC1CCC(C(C)C)C(S(C)(=O)=O)C1. The number of sulfone groups is 1. The van der Waals surface area contributed by atoms with E-state index in [1.54, 1.807) is 0 Å². The van der Waals surface area contributed by atoms with Crippen LogP contribution in [0.25, 0.3) is 0 Å². The molecular formula is C11H22O2S. The zero-order valence-corrected chi connectivity index (χ0v) is 10.5. The zero-order valence-electron chi connectivity index (χ0n) is 9.66. The first-order valence-corrected chi connectivity index (χ1v) is 7.46. The minimum absolute atomic E-state index is 0.0914. The van der Waals surface area contributed by atoms with E-state index in [-0.39, 0.29) is 5.25 Å². The molecule has 0 aliphatic heterocycles.